The molecule has 2 aromatic carbocycles. The number of nitrogen functional groups attached to an aromatic ring is 1. The summed E-state index contributed by atoms with van der Waals surface area (Å²) in [6.45, 7) is 2.62. The molecule has 0 saturated carbocycles. The number of rotatable bonds is 5. The lowest BCUT2D eigenvalue weighted by atomic mass is 10.1. The van der Waals surface area contributed by atoms with Crippen LogP contribution in [-0.2, 0) is 9.53 Å². The molecule has 3 aromatic rings. The van der Waals surface area contributed by atoms with Crippen LogP contribution in [0.1, 0.15) is 13.0 Å². The second-order valence-electron chi connectivity index (χ2n) is 7.56. The van der Waals surface area contributed by atoms with Crippen LogP contribution in [0.5, 0.6) is 11.5 Å². The molecule has 1 aromatic heterocycles. The van der Waals surface area contributed by atoms with Crippen molar-refractivity contribution in [1.29, 1.82) is 0 Å². The van der Waals surface area contributed by atoms with Crippen molar-refractivity contribution >= 4 is 11.6 Å². The van der Waals surface area contributed by atoms with E-state index in [1.165, 1.54) is 6.07 Å². The number of hydrogen-bond donors (Lipinski definition) is 1. The Morgan fingerprint density at radius 1 is 1.12 bits per heavy atom. The smallest absolute Gasteiger partial charge is 0.298 e. The minimum absolute atomic E-state index is 0.0673. The number of ether oxygens (including phenoxy) is 2. The second kappa shape index (κ2) is 9.16. The molecule has 1 aliphatic heterocycles. The summed E-state index contributed by atoms with van der Waals surface area (Å²) in [5, 5.41) is 0. The van der Waals surface area contributed by atoms with Gasteiger partial charge in [0.25, 0.3) is 5.91 Å². The molecular weight excluding hydrogens is 409 g/mol. The van der Waals surface area contributed by atoms with E-state index < -0.39 is 5.82 Å². The number of anilines is 1. The highest BCUT2D eigenvalue weighted by atomic mass is 19.1. The van der Waals surface area contributed by atoms with Gasteiger partial charge in [-0.05, 0) is 42.7 Å². The van der Waals surface area contributed by atoms with Gasteiger partial charge in [0.15, 0.2) is 11.6 Å². The first-order valence-corrected chi connectivity index (χ1v) is 10.2. The van der Waals surface area contributed by atoms with Crippen LogP contribution in [-0.4, -0.2) is 41.7 Å². The number of methoxy groups -OCH3 is 1. The fraction of sp³-hybridized carbons (Fsp3) is 0.240. The van der Waals surface area contributed by atoms with Crippen molar-refractivity contribution in [3.05, 3.63) is 66.7 Å². The van der Waals surface area contributed by atoms with Gasteiger partial charge >= 0.3 is 0 Å². The average Bonchev–Trinajstić information content (AvgIpc) is 3.40. The molecule has 6 nitrogen and oxygen atoms in total. The van der Waals surface area contributed by atoms with Gasteiger partial charge in [0.2, 0.25) is 0 Å². The number of benzene rings is 2. The van der Waals surface area contributed by atoms with Crippen LogP contribution < -0.4 is 10.5 Å². The molecule has 0 unspecified atom stereocenters. The van der Waals surface area contributed by atoms with Gasteiger partial charge < -0.3 is 24.7 Å². The molecule has 0 aliphatic carbocycles. The Hall–Kier alpha value is -3.76. The van der Waals surface area contributed by atoms with Crippen molar-refractivity contribution in [2.24, 2.45) is 0 Å². The lowest BCUT2D eigenvalue weighted by molar-refractivity contribution is -0.124. The maximum absolute atomic E-state index is 13.8. The highest BCUT2D eigenvalue weighted by Gasteiger charge is 2.36. The van der Waals surface area contributed by atoms with Gasteiger partial charge in [-0.15, -0.1) is 0 Å². The molecule has 2 N–H and O–H groups in total. The molecule has 32 heavy (non-hydrogen) atoms. The normalized spacial score (nSPS) is 17.7. The first-order chi connectivity index (χ1) is 15.5. The summed E-state index contributed by atoms with van der Waals surface area (Å²) in [5.41, 5.74) is 8.68. The molecule has 0 bridgehead atoms. The van der Waals surface area contributed by atoms with E-state index in [9.17, 15) is 9.18 Å². The molecule has 2 atom stereocenters. The molecular formula is C25H24FN3O3. The van der Waals surface area contributed by atoms with Crippen molar-refractivity contribution in [1.82, 2.24) is 9.47 Å². The van der Waals surface area contributed by atoms with Crippen LogP contribution in [0, 0.1) is 17.7 Å². The standard InChI is InChI=1S/C25H24FN3O3/c1-3-6-25(30)29-15-22(24(16-29)31-2)28-13-19(21(27)14-28)17-9-11-18(12-10-17)32-23-8-5-4-7-20(23)26/h4-5,7-14,22,24H,15-16,27H2,1-2H3/t22-,24-/m0/s1. The molecule has 1 amide bonds. The molecule has 4 rings (SSSR count). The molecule has 164 valence electrons. The first-order valence-electron chi connectivity index (χ1n) is 10.2. The van der Waals surface area contributed by atoms with Crippen molar-refractivity contribution in [3.63, 3.8) is 0 Å². The first kappa shape index (κ1) is 21.5. The zero-order chi connectivity index (χ0) is 22.7. The zero-order valence-electron chi connectivity index (χ0n) is 17.9. The molecule has 7 heteroatoms. The number of carbonyl (C=O) groups is 1. The Morgan fingerprint density at radius 3 is 2.56 bits per heavy atom. The molecule has 1 fully saturated rings. The lowest BCUT2D eigenvalue weighted by Gasteiger charge is -2.18. The SMILES string of the molecule is CC#CC(=O)N1C[C@H](OC)[C@@H](n2cc(N)c(-c3ccc(Oc4ccccc4F)cc3)c2)C1. The molecule has 1 aliphatic rings. The number of amides is 1. The Labute approximate surface area is 186 Å². The van der Waals surface area contributed by atoms with Crippen LogP contribution in [0.25, 0.3) is 11.1 Å². The van der Waals surface area contributed by atoms with Crippen molar-refractivity contribution in [3.8, 4) is 34.5 Å². The molecule has 1 saturated heterocycles. The van der Waals surface area contributed by atoms with E-state index in [0.717, 1.165) is 11.1 Å². The van der Waals surface area contributed by atoms with Crippen molar-refractivity contribution in [2.45, 2.75) is 19.1 Å². The fourth-order valence-electron chi connectivity index (χ4n) is 3.91. The van der Waals surface area contributed by atoms with Gasteiger partial charge in [0, 0.05) is 38.2 Å². The third-order valence-electron chi connectivity index (χ3n) is 5.55. The number of para-hydroxylation sites is 1. The number of aromatic nitrogens is 1. The van der Waals surface area contributed by atoms with Crippen molar-refractivity contribution in [2.75, 3.05) is 25.9 Å². The number of nitrogens with zero attached hydrogens (tertiary/aromatic N) is 2. The van der Waals surface area contributed by atoms with Gasteiger partial charge in [-0.3, -0.25) is 4.79 Å². The summed E-state index contributed by atoms with van der Waals surface area (Å²) in [4.78, 5) is 13.9. The number of likely N-dealkylation sites (tertiary alicyclic amines) is 1. The Bertz CT molecular complexity index is 1180. The number of nitrogens with two attached hydrogens (primary N) is 1. The van der Waals surface area contributed by atoms with Crippen LogP contribution in [0.4, 0.5) is 10.1 Å². The number of halogens is 1. The Kier molecular flexibility index (Phi) is 6.15. The van der Waals surface area contributed by atoms with Gasteiger partial charge in [-0.2, -0.15) is 0 Å². The highest BCUT2D eigenvalue weighted by Crippen LogP contribution is 2.34. The van der Waals surface area contributed by atoms with E-state index in [1.54, 1.807) is 49.3 Å². The predicted molar refractivity (Wildman–Crippen MR) is 121 cm³/mol. The predicted octanol–water partition coefficient (Wildman–Crippen LogP) is 4.09. The topological polar surface area (TPSA) is 69.7 Å². The van der Waals surface area contributed by atoms with Crippen LogP contribution in [0.3, 0.4) is 0 Å². The van der Waals surface area contributed by atoms with Crippen LogP contribution in [0.2, 0.25) is 0 Å². The van der Waals surface area contributed by atoms with E-state index in [2.05, 4.69) is 11.8 Å². The summed E-state index contributed by atoms with van der Waals surface area (Å²) in [6.07, 6.45) is 3.65. The monoisotopic (exact) mass is 433 g/mol. The quantitative estimate of drug-likeness (QED) is 0.616. The lowest BCUT2D eigenvalue weighted by Crippen LogP contribution is -2.28. The molecule has 0 radical (unpaired) electrons. The third kappa shape index (κ3) is 4.32. The Balaban J connectivity index is 1.53. The average molecular weight is 433 g/mol. The summed E-state index contributed by atoms with van der Waals surface area (Å²) in [5.74, 6) is 5.31. The van der Waals surface area contributed by atoms with Crippen LogP contribution >= 0.6 is 0 Å². The third-order valence-corrected chi connectivity index (χ3v) is 5.55. The minimum Gasteiger partial charge on any atom is -0.454 e. The summed E-state index contributed by atoms with van der Waals surface area (Å²) in [7, 11) is 1.64. The minimum atomic E-state index is -0.417. The number of hydrogen-bond acceptors (Lipinski definition) is 4. The van der Waals surface area contributed by atoms with E-state index >= 15 is 0 Å². The second-order valence-corrected chi connectivity index (χ2v) is 7.56. The largest absolute Gasteiger partial charge is 0.454 e. The number of carbonyl (C=O) groups excluding carboxylic acids is 1. The summed E-state index contributed by atoms with van der Waals surface area (Å²) in [6, 6.07) is 13.5. The molecule has 2 heterocycles. The maximum atomic E-state index is 13.8. The highest BCUT2D eigenvalue weighted by molar-refractivity contribution is 5.93. The maximum Gasteiger partial charge on any atom is 0.298 e. The molecule has 0 spiro atoms. The van der Waals surface area contributed by atoms with E-state index in [1.807, 2.05) is 29.1 Å². The van der Waals surface area contributed by atoms with E-state index in [-0.39, 0.29) is 23.8 Å². The van der Waals surface area contributed by atoms with E-state index in [4.69, 9.17) is 15.2 Å². The van der Waals surface area contributed by atoms with Gasteiger partial charge in [0.1, 0.15) is 5.75 Å². The zero-order valence-corrected chi connectivity index (χ0v) is 17.9. The van der Waals surface area contributed by atoms with Crippen molar-refractivity contribution < 1.29 is 18.7 Å². The van der Waals surface area contributed by atoms with Crippen LogP contribution in [0.15, 0.2) is 60.9 Å². The Morgan fingerprint density at radius 2 is 1.88 bits per heavy atom. The van der Waals surface area contributed by atoms with Gasteiger partial charge in [-0.1, -0.05) is 30.2 Å². The summed E-state index contributed by atoms with van der Waals surface area (Å²) < 4.78 is 27.1. The van der Waals surface area contributed by atoms with Gasteiger partial charge in [0.05, 0.1) is 17.8 Å². The van der Waals surface area contributed by atoms with E-state index in [0.29, 0.717) is 24.5 Å². The van der Waals surface area contributed by atoms with Gasteiger partial charge in [-0.25, -0.2) is 4.39 Å². The fourth-order valence-corrected chi connectivity index (χ4v) is 3.91. The summed E-state index contributed by atoms with van der Waals surface area (Å²) >= 11 is 0.